The Balaban J connectivity index is 2.09. The Morgan fingerprint density at radius 1 is 1.32 bits per heavy atom. The molecule has 0 radical (unpaired) electrons. The van der Waals surface area contributed by atoms with Gasteiger partial charge < -0.3 is 10.4 Å². The monoisotopic (exact) mass is 303 g/mol. The summed E-state index contributed by atoms with van der Waals surface area (Å²) in [7, 11) is 0. The number of carbonyl (C=O) groups is 1. The van der Waals surface area contributed by atoms with Gasteiger partial charge in [0, 0.05) is 11.9 Å². The van der Waals surface area contributed by atoms with Crippen LogP contribution in [0.2, 0.25) is 0 Å². The number of nitrogens with zero attached hydrogens (tertiary/aromatic N) is 2. The molecule has 0 fully saturated rings. The summed E-state index contributed by atoms with van der Waals surface area (Å²) in [6, 6.07) is 7.12. The fourth-order valence-corrected chi connectivity index (χ4v) is 2.20. The highest BCUT2D eigenvalue weighted by molar-refractivity contribution is 5.81. The lowest BCUT2D eigenvalue weighted by Crippen LogP contribution is -2.44. The molecule has 6 heteroatoms. The lowest BCUT2D eigenvalue weighted by Gasteiger charge is -2.25. The number of benzene rings is 1. The largest absolute Gasteiger partial charge is 0.388 e. The van der Waals surface area contributed by atoms with E-state index in [2.05, 4.69) is 10.4 Å². The molecular formula is C16H21N3O3. The van der Waals surface area contributed by atoms with Gasteiger partial charge >= 0.3 is 0 Å². The van der Waals surface area contributed by atoms with Crippen molar-refractivity contribution in [1.82, 2.24) is 15.1 Å². The average Bonchev–Trinajstić information content (AvgIpc) is 2.55. The second kappa shape index (κ2) is 6.70. The molecule has 0 spiro atoms. The van der Waals surface area contributed by atoms with Gasteiger partial charge in [-0.3, -0.25) is 9.59 Å². The Bertz CT molecular complexity index is 720. The molecule has 0 bridgehead atoms. The molecule has 1 heterocycles. The van der Waals surface area contributed by atoms with Crippen molar-refractivity contribution in [3.63, 3.8) is 0 Å². The van der Waals surface area contributed by atoms with Crippen LogP contribution in [0.15, 0.2) is 35.3 Å². The first-order valence-corrected chi connectivity index (χ1v) is 7.43. The predicted molar refractivity (Wildman–Crippen MR) is 84.5 cm³/mol. The van der Waals surface area contributed by atoms with Gasteiger partial charge in [0.2, 0.25) is 5.91 Å². The molecule has 2 rings (SSSR count). The van der Waals surface area contributed by atoms with Crippen molar-refractivity contribution in [3.05, 3.63) is 40.8 Å². The molecule has 0 saturated carbocycles. The molecule has 0 aliphatic rings. The summed E-state index contributed by atoms with van der Waals surface area (Å²) < 4.78 is 1.13. The van der Waals surface area contributed by atoms with E-state index in [0.717, 1.165) is 10.1 Å². The van der Waals surface area contributed by atoms with Gasteiger partial charge in [0.15, 0.2) is 0 Å². The van der Waals surface area contributed by atoms with Crippen LogP contribution >= 0.6 is 0 Å². The van der Waals surface area contributed by atoms with Gasteiger partial charge in [-0.25, -0.2) is 4.68 Å². The molecule has 2 N–H and O–H groups in total. The third-order valence-electron chi connectivity index (χ3n) is 3.99. The predicted octanol–water partition coefficient (Wildman–Crippen LogP) is 1.06. The van der Waals surface area contributed by atoms with Crippen LogP contribution in [0.4, 0.5) is 0 Å². The molecule has 0 aliphatic heterocycles. The minimum Gasteiger partial charge on any atom is -0.388 e. The summed E-state index contributed by atoms with van der Waals surface area (Å²) in [4.78, 5) is 24.2. The highest BCUT2D eigenvalue weighted by Gasteiger charge is 2.22. The van der Waals surface area contributed by atoms with Gasteiger partial charge in [-0.2, -0.15) is 5.10 Å². The average molecular weight is 303 g/mol. The van der Waals surface area contributed by atoms with E-state index >= 15 is 0 Å². The van der Waals surface area contributed by atoms with Crippen molar-refractivity contribution in [2.75, 3.05) is 6.54 Å². The first-order valence-electron chi connectivity index (χ1n) is 7.43. The van der Waals surface area contributed by atoms with Crippen LogP contribution in [-0.2, 0) is 11.3 Å². The van der Waals surface area contributed by atoms with E-state index in [0.29, 0.717) is 18.2 Å². The quantitative estimate of drug-likeness (QED) is 0.836. The summed E-state index contributed by atoms with van der Waals surface area (Å²) in [6.07, 6.45) is 2.67. The van der Waals surface area contributed by atoms with Gasteiger partial charge in [-0.05, 0) is 18.9 Å². The molecule has 0 aliphatic carbocycles. The van der Waals surface area contributed by atoms with Crippen molar-refractivity contribution >= 4 is 16.7 Å². The van der Waals surface area contributed by atoms with Crippen LogP contribution in [0.5, 0.6) is 0 Å². The van der Waals surface area contributed by atoms with Crippen LogP contribution in [0.3, 0.4) is 0 Å². The van der Waals surface area contributed by atoms with Crippen LogP contribution in [-0.4, -0.2) is 32.9 Å². The fraction of sp³-hybridized carbons (Fsp3) is 0.438. The summed E-state index contributed by atoms with van der Waals surface area (Å²) in [6.45, 7) is 3.74. The van der Waals surface area contributed by atoms with E-state index in [1.165, 1.54) is 0 Å². The number of carbonyl (C=O) groups excluding carboxylic acids is 1. The minimum absolute atomic E-state index is 0.160. The van der Waals surface area contributed by atoms with E-state index in [-0.39, 0.29) is 24.6 Å². The van der Waals surface area contributed by atoms with Crippen molar-refractivity contribution in [3.8, 4) is 0 Å². The maximum absolute atomic E-state index is 12.2. The molecule has 2 aromatic rings. The highest BCUT2D eigenvalue weighted by atomic mass is 16.3. The van der Waals surface area contributed by atoms with Crippen LogP contribution in [0.25, 0.3) is 10.8 Å². The maximum Gasteiger partial charge on any atom is 0.275 e. The van der Waals surface area contributed by atoms with E-state index in [1.54, 1.807) is 24.4 Å². The van der Waals surface area contributed by atoms with Crippen LogP contribution in [0.1, 0.15) is 26.7 Å². The zero-order valence-electron chi connectivity index (χ0n) is 12.9. The van der Waals surface area contributed by atoms with Crippen molar-refractivity contribution in [2.45, 2.75) is 38.8 Å². The third kappa shape index (κ3) is 3.51. The number of rotatable bonds is 6. The van der Waals surface area contributed by atoms with Gasteiger partial charge in [0.25, 0.3) is 5.56 Å². The normalized spacial score (nSPS) is 11.6. The summed E-state index contributed by atoms with van der Waals surface area (Å²) >= 11 is 0. The second-order valence-corrected chi connectivity index (χ2v) is 5.40. The zero-order valence-corrected chi connectivity index (χ0v) is 12.9. The van der Waals surface area contributed by atoms with Crippen LogP contribution < -0.4 is 10.9 Å². The SMILES string of the molecule is CCC(O)(CC)CNC(=O)Cn1ncc2ccccc2c1=O. The van der Waals surface area contributed by atoms with Gasteiger partial charge in [-0.15, -0.1) is 0 Å². The van der Waals surface area contributed by atoms with Gasteiger partial charge in [0.05, 0.1) is 17.2 Å². The van der Waals surface area contributed by atoms with Crippen molar-refractivity contribution < 1.29 is 9.90 Å². The van der Waals surface area contributed by atoms with E-state index < -0.39 is 5.60 Å². The lowest BCUT2D eigenvalue weighted by molar-refractivity contribution is -0.123. The summed E-state index contributed by atoms with van der Waals surface area (Å²) in [5, 5.41) is 18.1. The number of aromatic nitrogens is 2. The topological polar surface area (TPSA) is 84.2 Å². The summed E-state index contributed by atoms with van der Waals surface area (Å²) in [5.74, 6) is -0.342. The fourth-order valence-electron chi connectivity index (χ4n) is 2.20. The van der Waals surface area contributed by atoms with Crippen molar-refractivity contribution in [2.24, 2.45) is 0 Å². The number of nitrogens with one attached hydrogen (secondary N) is 1. The third-order valence-corrected chi connectivity index (χ3v) is 3.99. The standard InChI is InChI=1S/C16H21N3O3/c1-3-16(22,4-2)11-17-14(20)10-19-15(21)13-8-6-5-7-12(13)9-18-19/h5-9,22H,3-4,10-11H2,1-2H3,(H,17,20). The Morgan fingerprint density at radius 3 is 2.68 bits per heavy atom. The number of fused-ring (bicyclic) bond motifs is 1. The molecular weight excluding hydrogens is 282 g/mol. The zero-order chi connectivity index (χ0) is 16.2. The molecule has 118 valence electrons. The number of hydrogen-bond acceptors (Lipinski definition) is 4. The number of amides is 1. The Kier molecular flexibility index (Phi) is 4.92. The first-order chi connectivity index (χ1) is 10.5. The molecule has 0 saturated heterocycles. The van der Waals surface area contributed by atoms with E-state index in [4.69, 9.17) is 0 Å². The molecule has 1 aromatic carbocycles. The lowest BCUT2D eigenvalue weighted by atomic mass is 9.98. The Morgan fingerprint density at radius 2 is 2.00 bits per heavy atom. The molecule has 1 amide bonds. The Hall–Kier alpha value is -2.21. The second-order valence-electron chi connectivity index (χ2n) is 5.40. The molecule has 0 atom stereocenters. The number of aliphatic hydroxyl groups is 1. The first kappa shape index (κ1) is 16.2. The molecule has 22 heavy (non-hydrogen) atoms. The van der Waals surface area contributed by atoms with E-state index in [9.17, 15) is 14.7 Å². The Labute approximate surface area is 128 Å². The summed E-state index contributed by atoms with van der Waals surface area (Å²) in [5.41, 5.74) is -1.20. The highest BCUT2D eigenvalue weighted by Crippen LogP contribution is 2.12. The minimum atomic E-state index is -0.905. The van der Waals surface area contributed by atoms with Crippen LogP contribution in [0, 0.1) is 0 Å². The van der Waals surface area contributed by atoms with Gasteiger partial charge in [-0.1, -0.05) is 32.0 Å². The molecule has 6 nitrogen and oxygen atoms in total. The van der Waals surface area contributed by atoms with E-state index in [1.807, 2.05) is 19.9 Å². The van der Waals surface area contributed by atoms with Gasteiger partial charge in [0.1, 0.15) is 6.54 Å². The molecule has 1 aromatic heterocycles. The molecule has 0 unspecified atom stereocenters. The van der Waals surface area contributed by atoms with Crippen molar-refractivity contribution in [1.29, 1.82) is 0 Å². The number of hydrogen-bond donors (Lipinski definition) is 2. The smallest absolute Gasteiger partial charge is 0.275 e. The maximum atomic E-state index is 12.2.